The molecule has 2 aromatic rings. The molecular weight excluding hydrogens is 292 g/mol. The van der Waals surface area contributed by atoms with Gasteiger partial charge in [-0.05, 0) is 12.5 Å². The van der Waals surface area contributed by atoms with Crippen LogP contribution in [0, 0.1) is 0 Å². The lowest BCUT2D eigenvalue weighted by Crippen LogP contribution is -2.29. The Labute approximate surface area is 127 Å². The summed E-state index contributed by atoms with van der Waals surface area (Å²) in [6.45, 7) is 0.378. The Morgan fingerprint density at radius 1 is 1.33 bits per heavy atom. The minimum absolute atomic E-state index is 0.0421. The van der Waals surface area contributed by atoms with Crippen molar-refractivity contribution in [1.82, 2.24) is 9.47 Å². The topological polar surface area (TPSA) is 62.5 Å². The van der Waals surface area contributed by atoms with E-state index in [0.717, 1.165) is 10.9 Å². The molecule has 2 rings (SSSR count). The van der Waals surface area contributed by atoms with E-state index in [-0.39, 0.29) is 12.3 Å². The van der Waals surface area contributed by atoms with Gasteiger partial charge in [-0.25, -0.2) is 0 Å². The van der Waals surface area contributed by atoms with E-state index in [4.69, 9.17) is 16.7 Å². The van der Waals surface area contributed by atoms with E-state index in [1.54, 1.807) is 18.7 Å². The van der Waals surface area contributed by atoms with Gasteiger partial charge in [0, 0.05) is 38.0 Å². The third-order valence-electron chi connectivity index (χ3n) is 3.48. The maximum atomic E-state index is 12.5. The fourth-order valence-corrected chi connectivity index (χ4v) is 2.70. The largest absolute Gasteiger partial charge is 0.481 e. The highest BCUT2D eigenvalue weighted by molar-refractivity contribution is 6.38. The highest BCUT2D eigenvalue weighted by Gasteiger charge is 2.22. The van der Waals surface area contributed by atoms with E-state index in [1.807, 2.05) is 24.3 Å². The van der Waals surface area contributed by atoms with Crippen LogP contribution in [0.2, 0.25) is 5.02 Å². The monoisotopic (exact) mass is 308 g/mol. The lowest BCUT2D eigenvalue weighted by atomic mass is 10.2. The molecule has 0 saturated carbocycles. The summed E-state index contributed by atoms with van der Waals surface area (Å²) in [5.74, 6) is -1.07. The van der Waals surface area contributed by atoms with Gasteiger partial charge in [0.15, 0.2) is 0 Å². The highest BCUT2D eigenvalue weighted by Crippen LogP contribution is 2.30. The van der Waals surface area contributed by atoms with Crippen molar-refractivity contribution in [2.75, 3.05) is 13.6 Å². The van der Waals surface area contributed by atoms with Gasteiger partial charge >= 0.3 is 5.97 Å². The third kappa shape index (κ3) is 3.03. The smallest absolute Gasteiger partial charge is 0.303 e. The summed E-state index contributed by atoms with van der Waals surface area (Å²) in [6, 6.07) is 7.55. The summed E-state index contributed by atoms with van der Waals surface area (Å²) in [6.07, 6.45) is 0.458. The number of aromatic nitrogens is 1. The molecule has 0 radical (unpaired) electrons. The summed E-state index contributed by atoms with van der Waals surface area (Å²) in [4.78, 5) is 24.5. The number of benzene rings is 1. The van der Waals surface area contributed by atoms with Crippen LogP contribution in [0.25, 0.3) is 10.9 Å². The number of rotatable bonds is 5. The van der Waals surface area contributed by atoms with Gasteiger partial charge in [0.05, 0.1) is 5.02 Å². The molecule has 1 aromatic carbocycles. The fourth-order valence-electron chi connectivity index (χ4n) is 2.33. The lowest BCUT2D eigenvalue weighted by Gasteiger charge is -2.17. The minimum atomic E-state index is -0.863. The molecule has 21 heavy (non-hydrogen) atoms. The van der Waals surface area contributed by atoms with Crippen LogP contribution in [0.4, 0.5) is 0 Å². The van der Waals surface area contributed by atoms with Gasteiger partial charge in [-0.1, -0.05) is 29.8 Å². The van der Waals surface area contributed by atoms with Crippen LogP contribution in [0.15, 0.2) is 24.3 Å². The molecule has 0 aliphatic heterocycles. The molecule has 0 atom stereocenters. The molecule has 6 heteroatoms. The van der Waals surface area contributed by atoms with Crippen LogP contribution in [0.3, 0.4) is 0 Å². The van der Waals surface area contributed by atoms with Crippen molar-refractivity contribution >= 4 is 34.4 Å². The Balaban J connectivity index is 2.25. The van der Waals surface area contributed by atoms with Crippen molar-refractivity contribution < 1.29 is 14.7 Å². The number of amides is 1. The van der Waals surface area contributed by atoms with Gasteiger partial charge in [-0.15, -0.1) is 0 Å². The first kappa shape index (κ1) is 15.4. The van der Waals surface area contributed by atoms with Crippen molar-refractivity contribution in [3.05, 3.63) is 35.0 Å². The number of carboxylic acid groups (broad SMARTS) is 1. The molecule has 112 valence electrons. The minimum Gasteiger partial charge on any atom is -0.481 e. The Hall–Kier alpha value is -2.01. The van der Waals surface area contributed by atoms with E-state index >= 15 is 0 Å². The van der Waals surface area contributed by atoms with E-state index in [9.17, 15) is 9.59 Å². The zero-order valence-corrected chi connectivity index (χ0v) is 12.7. The number of halogens is 1. The number of carbonyl (C=O) groups excluding carboxylic acids is 1. The zero-order chi connectivity index (χ0) is 15.6. The van der Waals surface area contributed by atoms with Crippen LogP contribution >= 0.6 is 11.6 Å². The van der Waals surface area contributed by atoms with Crippen LogP contribution < -0.4 is 0 Å². The average Bonchev–Trinajstić information content (AvgIpc) is 2.70. The molecule has 1 amide bonds. The molecule has 0 aliphatic carbocycles. The summed E-state index contributed by atoms with van der Waals surface area (Å²) >= 11 is 6.32. The standard InChI is InChI=1S/C15H17ClN2O3/c1-17(9-5-8-12(19)20)15(21)14-13(16)10-6-3-4-7-11(10)18(14)2/h3-4,6-7H,5,8-9H2,1-2H3,(H,19,20). The maximum Gasteiger partial charge on any atom is 0.303 e. The molecule has 0 spiro atoms. The number of aliphatic carboxylic acids is 1. The molecule has 0 aliphatic rings. The second-order valence-corrected chi connectivity index (χ2v) is 5.34. The molecule has 0 bridgehead atoms. The van der Waals surface area contributed by atoms with E-state index in [1.165, 1.54) is 4.90 Å². The molecule has 0 fully saturated rings. The second-order valence-electron chi connectivity index (χ2n) is 4.96. The van der Waals surface area contributed by atoms with Gasteiger partial charge < -0.3 is 14.6 Å². The summed E-state index contributed by atoms with van der Waals surface area (Å²) in [5, 5.41) is 9.91. The summed E-state index contributed by atoms with van der Waals surface area (Å²) < 4.78 is 1.77. The fraction of sp³-hybridized carbons (Fsp3) is 0.333. The summed E-state index contributed by atoms with van der Waals surface area (Å²) in [5.41, 5.74) is 1.32. The first-order valence-electron chi connectivity index (χ1n) is 6.63. The van der Waals surface area contributed by atoms with E-state index in [0.29, 0.717) is 23.7 Å². The first-order chi connectivity index (χ1) is 9.93. The summed E-state index contributed by atoms with van der Waals surface area (Å²) in [7, 11) is 3.45. The number of para-hydroxylation sites is 1. The number of hydrogen-bond donors (Lipinski definition) is 1. The molecule has 1 heterocycles. The van der Waals surface area contributed by atoms with Gasteiger partial charge in [-0.2, -0.15) is 0 Å². The van der Waals surface area contributed by atoms with Crippen molar-refractivity contribution in [3.63, 3.8) is 0 Å². The van der Waals surface area contributed by atoms with Crippen LogP contribution in [-0.2, 0) is 11.8 Å². The van der Waals surface area contributed by atoms with Crippen molar-refractivity contribution in [1.29, 1.82) is 0 Å². The third-order valence-corrected chi connectivity index (χ3v) is 3.86. The Kier molecular flexibility index (Phi) is 4.53. The number of hydrogen-bond acceptors (Lipinski definition) is 2. The normalized spacial score (nSPS) is 10.8. The Morgan fingerprint density at radius 3 is 2.62 bits per heavy atom. The highest BCUT2D eigenvalue weighted by atomic mass is 35.5. The molecule has 5 nitrogen and oxygen atoms in total. The Morgan fingerprint density at radius 2 is 2.00 bits per heavy atom. The number of nitrogens with zero attached hydrogens (tertiary/aromatic N) is 2. The molecule has 0 unspecified atom stereocenters. The van der Waals surface area contributed by atoms with E-state index < -0.39 is 5.97 Å². The van der Waals surface area contributed by atoms with E-state index in [2.05, 4.69) is 0 Å². The number of carbonyl (C=O) groups is 2. The zero-order valence-electron chi connectivity index (χ0n) is 12.0. The van der Waals surface area contributed by atoms with Crippen LogP contribution in [-0.4, -0.2) is 40.0 Å². The van der Waals surface area contributed by atoms with Crippen LogP contribution in [0.1, 0.15) is 23.3 Å². The van der Waals surface area contributed by atoms with Gasteiger partial charge in [0.2, 0.25) is 0 Å². The average molecular weight is 309 g/mol. The Bertz CT molecular complexity index is 655. The van der Waals surface area contributed by atoms with Gasteiger partial charge in [-0.3, -0.25) is 9.59 Å². The molecule has 1 aromatic heterocycles. The molecular formula is C15H17ClN2O3. The van der Waals surface area contributed by atoms with Crippen LogP contribution in [0.5, 0.6) is 0 Å². The second kappa shape index (κ2) is 6.18. The number of fused-ring (bicyclic) bond motifs is 1. The molecule has 1 N–H and O–H groups in total. The lowest BCUT2D eigenvalue weighted by molar-refractivity contribution is -0.137. The maximum absolute atomic E-state index is 12.5. The predicted octanol–water partition coefficient (Wildman–Crippen LogP) is 2.77. The SMILES string of the molecule is CN(CCCC(=O)O)C(=O)c1c(Cl)c2ccccc2n1C. The van der Waals surface area contributed by atoms with Gasteiger partial charge in [0.25, 0.3) is 5.91 Å². The van der Waals surface area contributed by atoms with Crippen molar-refractivity contribution in [2.24, 2.45) is 7.05 Å². The molecule has 0 saturated heterocycles. The van der Waals surface area contributed by atoms with Gasteiger partial charge in [0.1, 0.15) is 5.69 Å². The number of carboxylic acids is 1. The van der Waals surface area contributed by atoms with Crippen molar-refractivity contribution in [2.45, 2.75) is 12.8 Å². The quantitative estimate of drug-likeness (QED) is 0.924. The van der Waals surface area contributed by atoms with Crippen molar-refractivity contribution in [3.8, 4) is 0 Å². The first-order valence-corrected chi connectivity index (χ1v) is 7.01. The predicted molar refractivity (Wildman–Crippen MR) is 81.8 cm³/mol. The number of aryl methyl sites for hydroxylation is 1.